The molecule has 0 radical (unpaired) electrons. The van der Waals surface area contributed by atoms with E-state index in [4.69, 9.17) is 10.00 Å². The third kappa shape index (κ3) is 9.83. The molecule has 0 amide bonds. The van der Waals surface area contributed by atoms with Crippen LogP contribution in [0.3, 0.4) is 0 Å². The summed E-state index contributed by atoms with van der Waals surface area (Å²) in [6.07, 6.45) is 2.42. The fourth-order valence-corrected chi connectivity index (χ4v) is 1.64. The summed E-state index contributed by atoms with van der Waals surface area (Å²) in [5.41, 5.74) is -0.423. The van der Waals surface area contributed by atoms with Crippen LogP contribution in [0.4, 0.5) is 0 Å². The van der Waals surface area contributed by atoms with E-state index in [1.165, 1.54) is 0 Å². The second kappa shape index (κ2) is 8.08. The van der Waals surface area contributed by atoms with E-state index >= 15 is 0 Å². The molecule has 98 valence electrons. The van der Waals surface area contributed by atoms with Crippen LogP contribution in [-0.4, -0.2) is 24.7 Å². The molecular weight excluding hydrogens is 216 g/mol. The SMILES string of the molecule is CCCC(CNCC#N)CC(=O)OC(C)(C)C. The zero-order valence-corrected chi connectivity index (χ0v) is 11.4. The van der Waals surface area contributed by atoms with Crippen molar-refractivity contribution in [1.82, 2.24) is 5.32 Å². The summed E-state index contributed by atoms with van der Waals surface area (Å²) < 4.78 is 5.29. The molecule has 0 aromatic rings. The average molecular weight is 240 g/mol. The largest absolute Gasteiger partial charge is 0.460 e. The highest BCUT2D eigenvalue weighted by atomic mass is 16.6. The minimum Gasteiger partial charge on any atom is -0.460 e. The molecule has 0 fully saturated rings. The van der Waals surface area contributed by atoms with Gasteiger partial charge in [0.2, 0.25) is 0 Å². The van der Waals surface area contributed by atoms with Gasteiger partial charge < -0.3 is 10.1 Å². The fraction of sp³-hybridized carbons (Fsp3) is 0.846. The first-order valence-electron chi connectivity index (χ1n) is 6.18. The molecule has 0 aliphatic carbocycles. The topological polar surface area (TPSA) is 62.1 Å². The molecule has 0 heterocycles. The number of ether oxygens (including phenoxy) is 1. The lowest BCUT2D eigenvalue weighted by Gasteiger charge is -2.22. The minimum absolute atomic E-state index is 0.158. The van der Waals surface area contributed by atoms with Crippen LogP contribution in [0.15, 0.2) is 0 Å². The molecule has 0 aromatic heterocycles. The highest BCUT2D eigenvalue weighted by Crippen LogP contribution is 2.15. The van der Waals surface area contributed by atoms with Crippen molar-refractivity contribution in [3.05, 3.63) is 0 Å². The van der Waals surface area contributed by atoms with Gasteiger partial charge in [-0.05, 0) is 39.7 Å². The van der Waals surface area contributed by atoms with Crippen molar-refractivity contribution >= 4 is 5.97 Å². The van der Waals surface area contributed by atoms with Gasteiger partial charge in [-0.15, -0.1) is 0 Å². The van der Waals surface area contributed by atoms with Crippen molar-refractivity contribution in [1.29, 1.82) is 5.26 Å². The van der Waals surface area contributed by atoms with E-state index in [0.29, 0.717) is 19.5 Å². The van der Waals surface area contributed by atoms with Crippen LogP contribution >= 0.6 is 0 Å². The molecule has 17 heavy (non-hydrogen) atoms. The normalized spacial score (nSPS) is 12.9. The molecule has 1 atom stereocenters. The highest BCUT2D eigenvalue weighted by Gasteiger charge is 2.19. The Morgan fingerprint density at radius 3 is 2.59 bits per heavy atom. The van der Waals surface area contributed by atoms with E-state index in [1.807, 2.05) is 26.8 Å². The predicted molar refractivity (Wildman–Crippen MR) is 67.3 cm³/mol. The van der Waals surface area contributed by atoms with Gasteiger partial charge in [0.25, 0.3) is 0 Å². The Hall–Kier alpha value is -1.08. The number of carbonyl (C=O) groups is 1. The molecule has 0 aliphatic rings. The Labute approximate surface area is 104 Å². The molecule has 4 nitrogen and oxygen atoms in total. The van der Waals surface area contributed by atoms with Gasteiger partial charge in [-0.2, -0.15) is 5.26 Å². The lowest BCUT2D eigenvalue weighted by molar-refractivity contribution is -0.156. The standard InChI is InChI=1S/C13H24N2O2/c1-5-6-11(10-15-8-7-14)9-12(16)17-13(2,3)4/h11,15H,5-6,8-10H2,1-4H3. The van der Waals surface area contributed by atoms with Crippen molar-refractivity contribution in [2.45, 2.75) is 52.6 Å². The monoisotopic (exact) mass is 240 g/mol. The molecular formula is C13H24N2O2. The van der Waals surface area contributed by atoms with E-state index in [9.17, 15) is 4.79 Å². The van der Waals surface area contributed by atoms with Gasteiger partial charge in [0.1, 0.15) is 5.60 Å². The Bertz CT molecular complexity index is 264. The Morgan fingerprint density at radius 2 is 2.12 bits per heavy atom. The van der Waals surface area contributed by atoms with Crippen LogP contribution < -0.4 is 5.32 Å². The lowest BCUT2D eigenvalue weighted by atomic mass is 9.99. The molecule has 0 saturated carbocycles. The van der Waals surface area contributed by atoms with Crippen molar-refractivity contribution < 1.29 is 9.53 Å². The van der Waals surface area contributed by atoms with E-state index in [2.05, 4.69) is 12.2 Å². The predicted octanol–water partition coefficient (Wildman–Crippen LogP) is 2.25. The second-order valence-corrected chi connectivity index (χ2v) is 5.23. The van der Waals surface area contributed by atoms with Gasteiger partial charge >= 0.3 is 5.97 Å². The fourth-order valence-electron chi connectivity index (χ4n) is 1.64. The Balaban J connectivity index is 4.06. The maximum atomic E-state index is 11.7. The number of nitrogens with zero attached hydrogens (tertiary/aromatic N) is 1. The number of hydrogen-bond donors (Lipinski definition) is 1. The van der Waals surface area contributed by atoms with E-state index in [-0.39, 0.29) is 11.9 Å². The first kappa shape index (κ1) is 15.9. The summed E-state index contributed by atoms with van der Waals surface area (Å²) >= 11 is 0. The third-order valence-electron chi connectivity index (χ3n) is 2.21. The van der Waals surface area contributed by atoms with Gasteiger partial charge in [-0.25, -0.2) is 0 Å². The number of carbonyl (C=O) groups excluding carboxylic acids is 1. The highest BCUT2D eigenvalue weighted by molar-refractivity contribution is 5.70. The van der Waals surface area contributed by atoms with Crippen LogP contribution in [0.25, 0.3) is 0 Å². The first-order chi connectivity index (χ1) is 7.89. The van der Waals surface area contributed by atoms with Crippen molar-refractivity contribution in [2.24, 2.45) is 5.92 Å². The number of esters is 1. The molecule has 0 spiro atoms. The lowest BCUT2D eigenvalue weighted by Crippen LogP contribution is -2.29. The summed E-state index contributed by atoms with van der Waals surface area (Å²) in [5.74, 6) is 0.0953. The van der Waals surface area contributed by atoms with E-state index < -0.39 is 5.60 Å². The third-order valence-corrected chi connectivity index (χ3v) is 2.21. The van der Waals surface area contributed by atoms with Crippen molar-refractivity contribution in [2.75, 3.05) is 13.1 Å². The molecule has 0 saturated heterocycles. The summed E-state index contributed by atoms with van der Waals surface area (Å²) in [6, 6.07) is 2.03. The summed E-state index contributed by atoms with van der Waals surface area (Å²) in [6.45, 7) is 8.72. The van der Waals surface area contributed by atoms with Crippen LogP contribution in [0.5, 0.6) is 0 Å². The molecule has 0 bridgehead atoms. The van der Waals surface area contributed by atoms with E-state index in [0.717, 1.165) is 12.8 Å². The van der Waals surface area contributed by atoms with Gasteiger partial charge in [0, 0.05) is 6.42 Å². The van der Waals surface area contributed by atoms with E-state index in [1.54, 1.807) is 0 Å². The average Bonchev–Trinajstić information content (AvgIpc) is 2.15. The Morgan fingerprint density at radius 1 is 1.47 bits per heavy atom. The first-order valence-corrected chi connectivity index (χ1v) is 6.18. The van der Waals surface area contributed by atoms with Crippen LogP contribution in [0.2, 0.25) is 0 Å². The number of rotatable bonds is 7. The van der Waals surface area contributed by atoms with Gasteiger partial charge in [-0.1, -0.05) is 13.3 Å². The molecule has 1 unspecified atom stereocenters. The molecule has 1 N–H and O–H groups in total. The van der Waals surface area contributed by atoms with Gasteiger partial charge in [0.15, 0.2) is 0 Å². The quantitative estimate of drug-likeness (QED) is 0.421. The number of nitrogens with one attached hydrogen (secondary N) is 1. The summed E-state index contributed by atoms with van der Waals surface area (Å²) in [7, 11) is 0. The van der Waals surface area contributed by atoms with Gasteiger partial charge in [-0.3, -0.25) is 4.79 Å². The maximum Gasteiger partial charge on any atom is 0.306 e. The minimum atomic E-state index is -0.423. The van der Waals surface area contributed by atoms with Crippen LogP contribution in [0, 0.1) is 17.2 Å². The van der Waals surface area contributed by atoms with Crippen molar-refractivity contribution in [3.8, 4) is 6.07 Å². The zero-order valence-electron chi connectivity index (χ0n) is 11.4. The maximum absolute atomic E-state index is 11.7. The van der Waals surface area contributed by atoms with Crippen molar-refractivity contribution in [3.63, 3.8) is 0 Å². The number of hydrogen-bond acceptors (Lipinski definition) is 4. The zero-order chi connectivity index (χ0) is 13.3. The van der Waals surface area contributed by atoms with Crippen LogP contribution in [-0.2, 0) is 9.53 Å². The molecule has 0 rings (SSSR count). The second-order valence-electron chi connectivity index (χ2n) is 5.23. The summed E-state index contributed by atoms with van der Waals surface area (Å²) in [5, 5.41) is 11.5. The molecule has 0 aromatic carbocycles. The summed E-state index contributed by atoms with van der Waals surface area (Å²) in [4.78, 5) is 11.7. The number of nitriles is 1. The molecule has 4 heteroatoms. The van der Waals surface area contributed by atoms with Gasteiger partial charge in [0.05, 0.1) is 12.6 Å². The van der Waals surface area contributed by atoms with Crippen LogP contribution in [0.1, 0.15) is 47.0 Å². The Kier molecular flexibility index (Phi) is 7.56. The smallest absolute Gasteiger partial charge is 0.306 e. The molecule has 0 aliphatic heterocycles.